The van der Waals surface area contributed by atoms with Crippen LogP contribution in [-0.4, -0.2) is 4.57 Å². The van der Waals surface area contributed by atoms with Crippen LogP contribution in [0.3, 0.4) is 0 Å². The summed E-state index contributed by atoms with van der Waals surface area (Å²) >= 11 is 6.10. The highest BCUT2D eigenvalue weighted by Gasteiger charge is 2.09. The van der Waals surface area contributed by atoms with Crippen molar-refractivity contribution in [3.05, 3.63) is 64.8 Å². The molecule has 0 spiro atoms. The Hall–Kier alpha value is -1.93. The first-order chi connectivity index (χ1) is 10.2. The van der Waals surface area contributed by atoms with Gasteiger partial charge in [-0.15, -0.1) is 0 Å². The zero-order chi connectivity index (χ0) is 14.8. The average molecular weight is 300 g/mol. The van der Waals surface area contributed by atoms with Gasteiger partial charge in [-0.2, -0.15) is 0 Å². The Morgan fingerprint density at radius 2 is 2.00 bits per heavy atom. The van der Waals surface area contributed by atoms with Gasteiger partial charge < -0.3 is 9.30 Å². The van der Waals surface area contributed by atoms with Gasteiger partial charge in [-0.1, -0.05) is 29.8 Å². The van der Waals surface area contributed by atoms with E-state index in [1.54, 1.807) is 0 Å². The number of nitrogens with zero attached hydrogens (tertiary/aromatic N) is 1. The first-order valence-electron chi connectivity index (χ1n) is 7.14. The minimum Gasteiger partial charge on any atom is -0.489 e. The van der Waals surface area contributed by atoms with Crippen molar-refractivity contribution in [3.8, 4) is 5.75 Å². The molecule has 0 N–H and O–H groups in total. The lowest BCUT2D eigenvalue weighted by molar-refractivity contribution is 0.307. The molecule has 1 heterocycles. The van der Waals surface area contributed by atoms with Gasteiger partial charge in [0.2, 0.25) is 0 Å². The van der Waals surface area contributed by atoms with Crippen molar-refractivity contribution in [2.75, 3.05) is 0 Å². The predicted molar refractivity (Wildman–Crippen MR) is 88.1 cm³/mol. The minimum atomic E-state index is 0.564. The summed E-state index contributed by atoms with van der Waals surface area (Å²) in [6, 6.07) is 14.1. The number of rotatable bonds is 4. The van der Waals surface area contributed by atoms with Crippen LogP contribution in [0.15, 0.2) is 48.7 Å². The van der Waals surface area contributed by atoms with Crippen LogP contribution in [0.2, 0.25) is 5.02 Å². The summed E-state index contributed by atoms with van der Waals surface area (Å²) in [6.07, 6.45) is 2.15. The molecule has 0 amide bonds. The largest absolute Gasteiger partial charge is 0.489 e. The molecule has 108 valence electrons. The number of hydrogen-bond acceptors (Lipinski definition) is 1. The number of hydrogen-bond donors (Lipinski definition) is 0. The molecular weight excluding hydrogens is 282 g/mol. The normalized spacial score (nSPS) is 11.0. The van der Waals surface area contributed by atoms with Crippen LogP contribution in [0.25, 0.3) is 10.9 Å². The number of fused-ring (bicyclic) bond motifs is 1. The van der Waals surface area contributed by atoms with Crippen LogP contribution in [-0.2, 0) is 13.2 Å². The van der Waals surface area contributed by atoms with Gasteiger partial charge in [-0.25, -0.2) is 0 Å². The summed E-state index contributed by atoms with van der Waals surface area (Å²) in [5.74, 6) is 0.904. The fourth-order valence-corrected chi connectivity index (χ4v) is 2.75. The summed E-state index contributed by atoms with van der Waals surface area (Å²) in [6.45, 7) is 5.68. The van der Waals surface area contributed by atoms with E-state index in [0.717, 1.165) is 22.8 Å². The second-order valence-electron chi connectivity index (χ2n) is 5.21. The van der Waals surface area contributed by atoms with E-state index < -0.39 is 0 Å². The summed E-state index contributed by atoms with van der Waals surface area (Å²) < 4.78 is 8.13. The molecule has 0 aliphatic carbocycles. The zero-order valence-electron chi connectivity index (χ0n) is 12.3. The second-order valence-corrected chi connectivity index (χ2v) is 5.64. The van der Waals surface area contributed by atoms with Crippen molar-refractivity contribution in [1.29, 1.82) is 0 Å². The van der Waals surface area contributed by atoms with Gasteiger partial charge >= 0.3 is 0 Å². The van der Waals surface area contributed by atoms with Gasteiger partial charge in [0.15, 0.2) is 0 Å². The van der Waals surface area contributed by atoms with Gasteiger partial charge in [-0.3, -0.25) is 0 Å². The fourth-order valence-electron chi connectivity index (χ4n) is 2.58. The molecule has 2 nitrogen and oxygen atoms in total. The molecule has 0 atom stereocenters. The van der Waals surface area contributed by atoms with Crippen molar-refractivity contribution >= 4 is 22.5 Å². The lowest BCUT2D eigenvalue weighted by Crippen LogP contribution is -1.95. The standard InChI is InChI=1S/C18H18ClNO/c1-3-20-11-14(17-8-7-15(19)10-18(17)20)12-21-16-6-4-5-13(2)9-16/h4-11H,3,12H2,1-2H3. The number of benzene rings is 2. The van der Waals surface area contributed by atoms with E-state index >= 15 is 0 Å². The Labute approximate surface area is 129 Å². The van der Waals surface area contributed by atoms with Gasteiger partial charge in [0.25, 0.3) is 0 Å². The van der Waals surface area contributed by atoms with Crippen LogP contribution in [0.5, 0.6) is 5.75 Å². The van der Waals surface area contributed by atoms with E-state index in [1.165, 1.54) is 16.5 Å². The monoisotopic (exact) mass is 299 g/mol. The van der Waals surface area contributed by atoms with E-state index in [9.17, 15) is 0 Å². The molecule has 0 saturated heterocycles. The van der Waals surface area contributed by atoms with E-state index in [-0.39, 0.29) is 0 Å². The van der Waals surface area contributed by atoms with Gasteiger partial charge in [0, 0.05) is 34.2 Å². The van der Waals surface area contributed by atoms with Crippen molar-refractivity contribution in [1.82, 2.24) is 4.57 Å². The smallest absolute Gasteiger partial charge is 0.120 e. The average Bonchev–Trinajstić information content (AvgIpc) is 2.82. The summed E-state index contributed by atoms with van der Waals surface area (Å²) in [5.41, 5.74) is 3.55. The van der Waals surface area contributed by atoms with Crippen molar-refractivity contribution in [3.63, 3.8) is 0 Å². The van der Waals surface area contributed by atoms with Crippen molar-refractivity contribution in [2.24, 2.45) is 0 Å². The molecule has 3 rings (SSSR count). The molecule has 0 fully saturated rings. The van der Waals surface area contributed by atoms with Gasteiger partial charge in [0.05, 0.1) is 0 Å². The van der Waals surface area contributed by atoms with Gasteiger partial charge in [-0.05, 0) is 43.7 Å². The lowest BCUT2D eigenvalue weighted by atomic mass is 10.2. The Balaban J connectivity index is 1.90. The molecule has 3 heteroatoms. The summed E-state index contributed by atoms with van der Waals surface area (Å²) in [7, 11) is 0. The maximum atomic E-state index is 6.10. The molecular formula is C18H18ClNO. The Bertz CT molecular complexity index is 776. The molecule has 1 aromatic heterocycles. The van der Waals surface area contributed by atoms with Crippen molar-refractivity contribution < 1.29 is 4.74 Å². The number of halogens is 1. The predicted octanol–water partition coefficient (Wildman–Crippen LogP) is 5.20. The third-order valence-electron chi connectivity index (χ3n) is 3.65. The Kier molecular flexibility index (Phi) is 3.89. The summed E-state index contributed by atoms with van der Waals surface area (Å²) in [5, 5.41) is 1.97. The molecule has 0 aliphatic rings. The van der Waals surface area contributed by atoms with Gasteiger partial charge in [0.1, 0.15) is 12.4 Å². The molecule has 0 saturated carbocycles. The van der Waals surface area contributed by atoms with E-state index in [1.807, 2.05) is 24.3 Å². The fraction of sp³-hybridized carbons (Fsp3) is 0.222. The SMILES string of the molecule is CCn1cc(COc2cccc(C)c2)c2ccc(Cl)cc21. The molecule has 2 aromatic carbocycles. The highest BCUT2D eigenvalue weighted by Crippen LogP contribution is 2.26. The molecule has 0 bridgehead atoms. The van der Waals surface area contributed by atoms with Crippen LogP contribution < -0.4 is 4.74 Å². The number of ether oxygens (including phenoxy) is 1. The summed E-state index contributed by atoms with van der Waals surface area (Å²) in [4.78, 5) is 0. The van der Waals surface area contributed by atoms with E-state index in [4.69, 9.17) is 16.3 Å². The zero-order valence-corrected chi connectivity index (χ0v) is 13.0. The van der Waals surface area contributed by atoms with E-state index in [0.29, 0.717) is 6.61 Å². The maximum Gasteiger partial charge on any atom is 0.120 e. The van der Waals surface area contributed by atoms with E-state index in [2.05, 4.69) is 42.8 Å². The molecule has 0 aliphatic heterocycles. The van der Waals surface area contributed by atoms with Crippen LogP contribution in [0.1, 0.15) is 18.1 Å². The Morgan fingerprint density at radius 3 is 2.76 bits per heavy atom. The minimum absolute atomic E-state index is 0.564. The highest BCUT2D eigenvalue weighted by molar-refractivity contribution is 6.31. The quantitative estimate of drug-likeness (QED) is 0.645. The number of aryl methyl sites for hydroxylation is 2. The second kappa shape index (κ2) is 5.82. The van der Waals surface area contributed by atoms with Crippen LogP contribution in [0, 0.1) is 6.92 Å². The molecule has 0 radical (unpaired) electrons. The third-order valence-corrected chi connectivity index (χ3v) is 3.89. The highest BCUT2D eigenvalue weighted by atomic mass is 35.5. The molecule has 0 unspecified atom stereocenters. The molecule has 21 heavy (non-hydrogen) atoms. The topological polar surface area (TPSA) is 14.2 Å². The van der Waals surface area contributed by atoms with Crippen LogP contribution in [0.4, 0.5) is 0 Å². The van der Waals surface area contributed by atoms with Crippen molar-refractivity contribution in [2.45, 2.75) is 27.0 Å². The first kappa shape index (κ1) is 14.0. The first-order valence-corrected chi connectivity index (χ1v) is 7.52. The third kappa shape index (κ3) is 2.91. The Morgan fingerprint density at radius 1 is 1.14 bits per heavy atom. The maximum absolute atomic E-state index is 6.10. The lowest BCUT2D eigenvalue weighted by Gasteiger charge is -2.06. The molecule has 3 aromatic rings. The van der Waals surface area contributed by atoms with Crippen LogP contribution >= 0.6 is 11.6 Å². The number of aromatic nitrogens is 1.